The van der Waals surface area contributed by atoms with Crippen LogP contribution in [0.25, 0.3) is 0 Å². The molecule has 1 amide bonds. The van der Waals surface area contributed by atoms with Crippen LogP contribution < -0.4 is 5.32 Å². The van der Waals surface area contributed by atoms with Gasteiger partial charge in [0.1, 0.15) is 11.5 Å². The molecule has 7 heteroatoms. The van der Waals surface area contributed by atoms with Crippen LogP contribution in [-0.2, 0) is 11.8 Å². The Morgan fingerprint density at radius 1 is 1.35 bits per heavy atom. The Bertz CT molecular complexity index is 772. The van der Waals surface area contributed by atoms with E-state index in [1.54, 1.807) is 4.68 Å². The molecule has 0 spiro atoms. The molecule has 1 N–H and O–H groups in total. The van der Waals surface area contributed by atoms with Crippen LogP contribution in [0, 0.1) is 6.92 Å². The molecule has 2 aromatic rings. The standard InChI is InChI=1S/C19H26N4O3/c1-13-3-6-17(26-13)16(23-7-9-25-10-8-23)11-20-19(24)15-12-22(2)21-18(15)14-4-5-14/h3,6,12,14,16H,4-5,7-11H2,1-2H3,(H,20,24)/t16-/m1/s1. The number of carbonyl (C=O) groups is 1. The number of hydrogen-bond donors (Lipinski definition) is 1. The highest BCUT2D eigenvalue weighted by Gasteiger charge is 2.32. The number of aromatic nitrogens is 2. The molecule has 0 unspecified atom stereocenters. The SMILES string of the molecule is Cc1ccc([C@@H](CNC(=O)c2cn(C)nc2C2CC2)N2CCOCC2)o1. The van der Waals surface area contributed by atoms with Crippen molar-refractivity contribution in [3.63, 3.8) is 0 Å². The number of rotatable bonds is 6. The third-order valence-electron chi connectivity index (χ3n) is 5.10. The maximum absolute atomic E-state index is 12.8. The first-order valence-electron chi connectivity index (χ1n) is 9.31. The van der Waals surface area contributed by atoms with Gasteiger partial charge in [-0.05, 0) is 31.9 Å². The molecule has 1 saturated carbocycles. The summed E-state index contributed by atoms with van der Waals surface area (Å²) in [6.45, 7) is 5.53. The van der Waals surface area contributed by atoms with Crippen LogP contribution in [0.2, 0.25) is 0 Å². The van der Waals surface area contributed by atoms with Crippen LogP contribution >= 0.6 is 0 Å². The van der Waals surface area contributed by atoms with Gasteiger partial charge in [0.2, 0.25) is 0 Å². The maximum Gasteiger partial charge on any atom is 0.254 e. The summed E-state index contributed by atoms with van der Waals surface area (Å²) >= 11 is 0. The number of morpholine rings is 1. The van der Waals surface area contributed by atoms with Crippen molar-refractivity contribution in [1.29, 1.82) is 0 Å². The van der Waals surface area contributed by atoms with E-state index in [0.29, 0.717) is 31.2 Å². The zero-order chi connectivity index (χ0) is 18.1. The lowest BCUT2D eigenvalue weighted by Crippen LogP contribution is -2.43. The highest BCUT2D eigenvalue weighted by atomic mass is 16.5. The molecule has 140 valence electrons. The Hall–Kier alpha value is -2.12. The topological polar surface area (TPSA) is 72.5 Å². The third kappa shape index (κ3) is 3.68. The summed E-state index contributed by atoms with van der Waals surface area (Å²) < 4.78 is 13.1. The summed E-state index contributed by atoms with van der Waals surface area (Å²) in [5.41, 5.74) is 1.63. The van der Waals surface area contributed by atoms with Gasteiger partial charge in [0, 0.05) is 38.8 Å². The zero-order valence-electron chi connectivity index (χ0n) is 15.4. The van der Waals surface area contributed by atoms with Crippen molar-refractivity contribution in [2.24, 2.45) is 7.05 Å². The molecule has 1 aliphatic carbocycles. The molecular formula is C19H26N4O3. The first kappa shape index (κ1) is 17.3. The number of aryl methyl sites for hydroxylation is 2. The van der Waals surface area contributed by atoms with Gasteiger partial charge < -0.3 is 14.5 Å². The van der Waals surface area contributed by atoms with Crippen molar-refractivity contribution in [3.8, 4) is 0 Å². The van der Waals surface area contributed by atoms with Gasteiger partial charge in [0.25, 0.3) is 5.91 Å². The van der Waals surface area contributed by atoms with Crippen molar-refractivity contribution < 1.29 is 13.9 Å². The Morgan fingerprint density at radius 3 is 2.77 bits per heavy atom. The lowest BCUT2D eigenvalue weighted by atomic mass is 10.1. The van der Waals surface area contributed by atoms with Gasteiger partial charge >= 0.3 is 0 Å². The zero-order valence-corrected chi connectivity index (χ0v) is 15.4. The molecule has 2 aromatic heterocycles. The minimum absolute atomic E-state index is 0.0117. The Morgan fingerprint density at radius 2 is 2.12 bits per heavy atom. The predicted octanol–water partition coefficient (Wildman–Crippen LogP) is 2.00. The van der Waals surface area contributed by atoms with Crippen molar-refractivity contribution in [2.45, 2.75) is 31.7 Å². The smallest absolute Gasteiger partial charge is 0.254 e. The highest BCUT2D eigenvalue weighted by Crippen LogP contribution is 2.40. The number of hydrogen-bond acceptors (Lipinski definition) is 5. The molecule has 1 atom stereocenters. The molecule has 0 radical (unpaired) electrons. The molecule has 1 aliphatic heterocycles. The minimum atomic E-state index is -0.0541. The van der Waals surface area contributed by atoms with Gasteiger partial charge in [0.15, 0.2) is 0 Å². The van der Waals surface area contributed by atoms with E-state index in [9.17, 15) is 4.79 Å². The summed E-state index contributed by atoms with van der Waals surface area (Å²) in [6, 6.07) is 3.98. The Kier molecular flexibility index (Phi) is 4.82. The van der Waals surface area contributed by atoms with Gasteiger partial charge in [0.05, 0.1) is 30.5 Å². The lowest BCUT2D eigenvalue weighted by molar-refractivity contribution is 0.0117. The molecule has 3 heterocycles. The van der Waals surface area contributed by atoms with Gasteiger partial charge in [-0.15, -0.1) is 0 Å². The lowest BCUT2D eigenvalue weighted by Gasteiger charge is -2.33. The number of amides is 1. The van der Waals surface area contributed by atoms with Crippen molar-refractivity contribution >= 4 is 5.91 Å². The quantitative estimate of drug-likeness (QED) is 0.855. The van der Waals surface area contributed by atoms with Crippen LogP contribution in [0.3, 0.4) is 0 Å². The van der Waals surface area contributed by atoms with Crippen LogP contribution in [-0.4, -0.2) is 53.4 Å². The summed E-state index contributed by atoms with van der Waals surface area (Å²) in [6.07, 6.45) is 4.07. The van der Waals surface area contributed by atoms with Gasteiger partial charge in [-0.1, -0.05) is 0 Å². The monoisotopic (exact) mass is 358 g/mol. The van der Waals surface area contributed by atoms with Gasteiger partial charge in [-0.3, -0.25) is 14.4 Å². The fourth-order valence-electron chi connectivity index (χ4n) is 3.55. The first-order chi connectivity index (χ1) is 12.6. The van der Waals surface area contributed by atoms with Crippen LogP contribution in [0.5, 0.6) is 0 Å². The molecule has 0 bridgehead atoms. The summed E-state index contributed by atoms with van der Waals surface area (Å²) in [7, 11) is 1.87. The maximum atomic E-state index is 12.8. The van der Waals surface area contributed by atoms with E-state index in [1.165, 1.54) is 0 Å². The molecule has 2 fully saturated rings. The van der Waals surface area contributed by atoms with Gasteiger partial charge in [-0.2, -0.15) is 5.10 Å². The van der Waals surface area contributed by atoms with E-state index >= 15 is 0 Å². The van der Waals surface area contributed by atoms with E-state index < -0.39 is 0 Å². The van der Waals surface area contributed by atoms with Crippen LogP contribution in [0.4, 0.5) is 0 Å². The van der Waals surface area contributed by atoms with Gasteiger partial charge in [-0.25, -0.2) is 0 Å². The average Bonchev–Trinajstić information content (AvgIpc) is 3.29. The van der Waals surface area contributed by atoms with Crippen molar-refractivity contribution in [3.05, 3.63) is 41.1 Å². The first-order valence-corrected chi connectivity index (χ1v) is 9.31. The van der Waals surface area contributed by atoms with Crippen LogP contribution in [0.15, 0.2) is 22.7 Å². The summed E-state index contributed by atoms with van der Waals surface area (Å²) in [5, 5.41) is 7.59. The van der Waals surface area contributed by atoms with Crippen molar-refractivity contribution in [2.75, 3.05) is 32.8 Å². The molecular weight excluding hydrogens is 332 g/mol. The average molecular weight is 358 g/mol. The summed E-state index contributed by atoms with van der Waals surface area (Å²) in [5.74, 6) is 2.16. The molecule has 0 aromatic carbocycles. The van der Waals surface area contributed by atoms with Crippen LogP contribution in [0.1, 0.15) is 52.4 Å². The number of nitrogens with one attached hydrogen (secondary N) is 1. The second-order valence-corrected chi connectivity index (χ2v) is 7.20. The Balaban J connectivity index is 1.48. The molecule has 7 nitrogen and oxygen atoms in total. The molecule has 1 saturated heterocycles. The van der Waals surface area contributed by atoms with E-state index in [4.69, 9.17) is 9.15 Å². The molecule has 4 rings (SSSR count). The molecule has 2 aliphatic rings. The highest BCUT2D eigenvalue weighted by molar-refractivity contribution is 5.95. The number of nitrogens with zero attached hydrogens (tertiary/aromatic N) is 3. The largest absolute Gasteiger partial charge is 0.465 e. The van der Waals surface area contributed by atoms with E-state index in [0.717, 1.165) is 43.1 Å². The minimum Gasteiger partial charge on any atom is -0.465 e. The van der Waals surface area contributed by atoms with E-state index in [2.05, 4.69) is 15.3 Å². The fourth-order valence-corrected chi connectivity index (χ4v) is 3.55. The second kappa shape index (κ2) is 7.25. The Labute approximate surface area is 153 Å². The van der Waals surface area contributed by atoms with E-state index in [-0.39, 0.29) is 11.9 Å². The predicted molar refractivity (Wildman–Crippen MR) is 96.1 cm³/mol. The fraction of sp³-hybridized carbons (Fsp3) is 0.579. The third-order valence-corrected chi connectivity index (χ3v) is 5.10. The normalized spacial score (nSPS) is 19.5. The second-order valence-electron chi connectivity index (χ2n) is 7.20. The summed E-state index contributed by atoms with van der Waals surface area (Å²) in [4.78, 5) is 15.1. The van der Waals surface area contributed by atoms with Crippen molar-refractivity contribution in [1.82, 2.24) is 20.0 Å². The number of furan rings is 1. The number of ether oxygens (including phenoxy) is 1. The number of carbonyl (C=O) groups excluding carboxylic acids is 1. The molecule has 26 heavy (non-hydrogen) atoms. The van der Waals surface area contributed by atoms with E-state index in [1.807, 2.05) is 32.3 Å².